The predicted molar refractivity (Wildman–Crippen MR) is 129 cm³/mol. The molecule has 1 N–H and O–H groups in total. The summed E-state index contributed by atoms with van der Waals surface area (Å²) in [4.78, 5) is 15.3. The van der Waals surface area contributed by atoms with Crippen LogP contribution in [0.4, 0.5) is 11.4 Å². The lowest BCUT2D eigenvalue weighted by Crippen LogP contribution is -2.20. The maximum atomic E-state index is 12.8. The van der Waals surface area contributed by atoms with E-state index in [-0.39, 0.29) is 9.20 Å². The number of ketones is 1. The summed E-state index contributed by atoms with van der Waals surface area (Å²) in [7, 11) is 0. The quantitative estimate of drug-likeness (QED) is 0.179. The number of carbonyl (C=O) groups is 1. The highest BCUT2D eigenvalue weighted by Gasteiger charge is 2.33. The first-order valence-corrected chi connectivity index (χ1v) is 11.4. The molecule has 0 aromatic heterocycles. The second-order valence-electron chi connectivity index (χ2n) is 7.16. The van der Waals surface area contributed by atoms with Gasteiger partial charge in [0.2, 0.25) is 0 Å². The molecule has 0 saturated heterocycles. The second kappa shape index (κ2) is 7.50. The molecular formula is C25H18INOS. The van der Waals surface area contributed by atoms with Gasteiger partial charge in [0.05, 0.1) is 14.8 Å². The number of anilines is 2. The van der Waals surface area contributed by atoms with Gasteiger partial charge in [0.25, 0.3) is 0 Å². The van der Waals surface area contributed by atoms with E-state index in [4.69, 9.17) is 0 Å². The normalized spacial score (nSPS) is 19.6. The van der Waals surface area contributed by atoms with Crippen LogP contribution in [0.15, 0.2) is 106 Å². The minimum atomic E-state index is -0.191. The fourth-order valence-electron chi connectivity index (χ4n) is 3.74. The Labute approximate surface area is 188 Å². The smallest absolute Gasteiger partial charge is 0.192 e. The van der Waals surface area contributed by atoms with Crippen molar-refractivity contribution in [2.75, 3.05) is 5.32 Å². The van der Waals surface area contributed by atoms with Crippen LogP contribution in [-0.4, -0.2) is 5.78 Å². The zero-order valence-corrected chi connectivity index (χ0v) is 18.5. The number of carbonyl (C=O) groups excluding carboxylic acids is 1. The van der Waals surface area contributed by atoms with Crippen LogP contribution in [0.25, 0.3) is 0 Å². The van der Waals surface area contributed by atoms with Crippen molar-refractivity contribution in [3.63, 3.8) is 0 Å². The number of alkyl halides is 1. The first-order chi connectivity index (χ1) is 14.1. The number of halogens is 1. The highest BCUT2D eigenvalue weighted by Crippen LogP contribution is 2.51. The van der Waals surface area contributed by atoms with Crippen molar-refractivity contribution >= 4 is 51.5 Å². The van der Waals surface area contributed by atoms with Crippen molar-refractivity contribution < 1.29 is 4.79 Å². The first kappa shape index (κ1) is 18.7. The average molecular weight is 507 g/mol. The lowest BCUT2D eigenvalue weighted by Gasteiger charge is -2.32. The van der Waals surface area contributed by atoms with Crippen molar-refractivity contribution in [1.82, 2.24) is 0 Å². The average Bonchev–Trinajstić information content (AvgIpc) is 2.78. The maximum absolute atomic E-state index is 12.8. The topological polar surface area (TPSA) is 29.1 Å². The van der Waals surface area contributed by atoms with Crippen molar-refractivity contribution in [2.24, 2.45) is 0 Å². The third kappa shape index (κ3) is 3.45. The van der Waals surface area contributed by atoms with Gasteiger partial charge in [-0.3, -0.25) is 4.79 Å². The summed E-state index contributed by atoms with van der Waals surface area (Å²) in [6.07, 6.45) is 7.01. The van der Waals surface area contributed by atoms with Gasteiger partial charge in [0.1, 0.15) is 0 Å². The Bertz CT molecular complexity index is 1170. The molecule has 3 aromatic carbocycles. The fraction of sp³-hybridized carbons (Fsp3) is 0.0800. The Hall–Kier alpha value is -2.31. The van der Waals surface area contributed by atoms with E-state index in [1.807, 2.05) is 36.4 Å². The molecule has 0 amide bonds. The molecule has 0 spiro atoms. The molecule has 3 aromatic rings. The third-order valence-electron chi connectivity index (χ3n) is 5.28. The number of para-hydroxylation sites is 2. The van der Waals surface area contributed by atoms with Gasteiger partial charge in [-0.25, -0.2) is 0 Å². The molecule has 29 heavy (non-hydrogen) atoms. The molecule has 142 valence electrons. The van der Waals surface area contributed by atoms with E-state index >= 15 is 0 Å². The van der Waals surface area contributed by atoms with E-state index in [1.165, 1.54) is 21.0 Å². The van der Waals surface area contributed by atoms with E-state index in [0.29, 0.717) is 0 Å². The number of hydrogen-bond donors (Lipinski definition) is 1. The molecule has 4 heteroatoms. The summed E-state index contributed by atoms with van der Waals surface area (Å²) in [6.45, 7) is 0. The number of rotatable bonds is 3. The van der Waals surface area contributed by atoms with Crippen LogP contribution in [0.2, 0.25) is 0 Å². The zero-order chi connectivity index (χ0) is 19.8. The van der Waals surface area contributed by atoms with Crippen LogP contribution in [0.1, 0.15) is 22.3 Å². The van der Waals surface area contributed by atoms with Gasteiger partial charge < -0.3 is 5.32 Å². The van der Waals surface area contributed by atoms with Gasteiger partial charge in [0.15, 0.2) is 5.78 Å². The Morgan fingerprint density at radius 2 is 1.69 bits per heavy atom. The van der Waals surface area contributed by atoms with Crippen LogP contribution >= 0.6 is 34.4 Å². The SMILES string of the molecule is O=C(C1=CCC(I)(c2cccc3c2Nc2ccccc2S3)C=C1)c1ccccc1. The van der Waals surface area contributed by atoms with E-state index in [0.717, 1.165) is 23.2 Å². The lowest BCUT2D eigenvalue weighted by atomic mass is 9.87. The van der Waals surface area contributed by atoms with E-state index in [2.05, 4.69) is 82.5 Å². The highest BCUT2D eigenvalue weighted by atomic mass is 127. The van der Waals surface area contributed by atoms with Gasteiger partial charge in [-0.05, 0) is 30.2 Å². The van der Waals surface area contributed by atoms with Crippen LogP contribution in [0.5, 0.6) is 0 Å². The van der Waals surface area contributed by atoms with Crippen molar-refractivity contribution in [3.05, 3.63) is 108 Å². The number of allylic oxidation sites excluding steroid dienone is 4. The molecule has 0 radical (unpaired) electrons. The fourth-order valence-corrected chi connectivity index (χ4v) is 5.62. The van der Waals surface area contributed by atoms with Gasteiger partial charge >= 0.3 is 0 Å². The van der Waals surface area contributed by atoms with Crippen molar-refractivity contribution in [1.29, 1.82) is 0 Å². The van der Waals surface area contributed by atoms with E-state index in [1.54, 1.807) is 11.8 Å². The summed E-state index contributed by atoms with van der Waals surface area (Å²) in [5.41, 5.74) is 5.06. The van der Waals surface area contributed by atoms with Crippen molar-refractivity contribution in [2.45, 2.75) is 19.6 Å². The molecule has 1 aliphatic carbocycles. The summed E-state index contributed by atoms with van der Waals surface area (Å²) in [6, 6.07) is 24.4. The van der Waals surface area contributed by atoms with Gasteiger partial charge in [-0.1, -0.05) is 107 Å². The number of hydrogen-bond acceptors (Lipinski definition) is 3. The van der Waals surface area contributed by atoms with Crippen LogP contribution in [0, 0.1) is 0 Å². The Morgan fingerprint density at radius 3 is 2.48 bits per heavy atom. The summed E-state index contributed by atoms with van der Waals surface area (Å²) in [5, 5.41) is 3.64. The first-order valence-electron chi connectivity index (χ1n) is 9.49. The molecule has 1 atom stereocenters. The predicted octanol–water partition coefficient (Wildman–Crippen LogP) is 7.29. The number of nitrogens with one attached hydrogen (secondary N) is 1. The van der Waals surface area contributed by atoms with Gasteiger partial charge in [-0.2, -0.15) is 0 Å². The highest BCUT2D eigenvalue weighted by molar-refractivity contribution is 14.1. The molecule has 0 bridgehead atoms. The Kier molecular flexibility index (Phi) is 4.84. The molecule has 1 heterocycles. The number of fused-ring (bicyclic) bond motifs is 2. The van der Waals surface area contributed by atoms with Gasteiger partial charge in [0, 0.05) is 20.9 Å². The molecule has 0 saturated carbocycles. The monoisotopic (exact) mass is 507 g/mol. The minimum Gasteiger partial charge on any atom is -0.353 e. The maximum Gasteiger partial charge on any atom is 0.192 e. The van der Waals surface area contributed by atoms with E-state index < -0.39 is 0 Å². The lowest BCUT2D eigenvalue weighted by molar-refractivity contribution is 0.103. The van der Waals surface area contributed by atoms with Crippen LogP contribution < -0.4 is 5.32 Å². The Balaban J connectivity index is 1.46. The van der Waals surface area contributed by atoms with Crippen molar-refractivity contribution in [3.8, 4) is 0 Å². The number of Topliss-reactive ketones (excluding diaryl/α,β-unsaturated/α-hetero) is 1. The largest absolute Gasteiger partial charge is 0.353 e. The molecule has 1 unspecified atom stereocenters. The molecule has 0 fully saturated rings. The summed E-state index contributed by atoms with van der Waals surface area (Å²) >= 11 is 4.32. The molecule has 1 aliphatic heterocycles. The molecule has 2 aliphatic rings. The second-order valence-corrected chi connectivity index (χ2v) is 10.2. The standard InChI is InChI=1S/C25H18INOS/c26-25(15-13-18(14-16-25)24(28)17-7-2-1-3-8-17)19-9-6-12-22-23(19)27-20-10-4-5-11-21(20)29-22/h1-15,27H,16H2. The third-order valence-corrected chi connectivity index (χ3v) is 7.80. The van der Waals surface area contributed by atoms with Gasteiger partial charge in [-0.15, -0.1) is 0 Å². The minimum absolute atomic E-state index is 0.0815. The molecule has 5 rings (SSSR count). The number of benzene rings is 3. The van der Waals surface area contributed by atoms with Crippen LogP contribution in [-0.2, 0) is 3.42 Å². The molecular weight excluding hydrogens is 489 g/mol. The van der Waals surface area contributed by atoms with Crippen LogP contribution in [0.3, 0.4) is 0 Å². The molecule has 2 nitrogen and oxygen atoms in total. The Morgan fingerprint density at radius 1 is 0.931 bits per heavy atom. The van der Waals surface area contributed by atoms with E-state index in [9.17, 15) is 4.79 Å². The summed E-state index contributed by atoms with van der Waals surface area (Å²) < 4.78 is -0.191. The zero-order valence-electron chi connectivity index (χ0n) is 15.6. The summed E-state index contributed by atoms with van der Waals surface area (Å²) in [5.74, 6) is 0.0815.